The molecular weight excluding hydrogens is 348 g/mol. The van der Waals surface area contributed by atoms with Crippen LogP contribution in [0.2, 0.25) is 0 Å². The van der Waals surface area contributed by atoms with Crippen molar-refractivity contribution in [3.63, 3.8) is 0 Å². The fourth-order valence-corrected chi connectivity index (χ4v) is 2.33. The Labute approximate surface area is 120 Å². The predicted molar refractivity (Wildman–Crippen MR) is 78.0 cm³/mol. The molecule has 0 aliphatic carbocycles. The van der Waals surface area contributed by atoms with Crippen molar-refractivity contribution >= 4 is 31.9 Å². The lowest BCUT2D eigenvalue weighted by atomic mass is 10.2. The Balaban J connectivity index is 2.35. The van der Waals surface area contributed by atoms with E-state index in [1.165, 1.54) is 6.42 Å². The maximum absolute atomic E-state index is 5.74. The second-order valence-corrected chi connectivity index (χ2v) is 5.09. The number of para-hydroxylation sites is 1. The van der Waals surface area contributed by atoms with Crippen LogP contribution in [-0.2, 0) is 10.1 Å². The van der Waals surface area contributed by atoms with Crippen molar-refractivity contribution in [2.24, 2.45) is 0 Å². The van der Waals surface area contributed by atoms with Gasteiger partial charge in [-0.05, 0) is 28.4 Å². The zero-order chi connectivity index (χ0) is 12.5. The van der Waals surface area contributed by atoms with Gasteiger partial charge in [0.05, 0.1) is 11.1 Å². The van der Waals surface area contributed by atoms with Crippen LogP contribution in [0.3, 0.4) is 0 Å². The summed E-state index contributed by atoms with van der Waals surface area (Å²) in [5.41, 5.74) is 1.15. The van der Waals surface area contributed by atoms with Gasteiger partial charge in [-0.2, -0.15) is 0 Å². The number of halogens is 2. The molecule has 0 amide bonds. The Hall–Kier alpha value is -0.0600. The van der Waals surface area contributed by atoms with Crippen LogP contribution in [0.25, 0.3) is 0 Å². The van der Waals surface area contributed by atoms with Gasteiger partial charge in [-0.25, -0.2) is 0 Å². The lowest BCUT2D eigenvalue weighted by Gasteiger charge is -2.12. The van der Waals surface area contributed by atoms with Crippen molar-refractivity contribution < 1.29 is 9.47 Å². The molecule has 0 spiro atoms. The molecule has 0 aromatic heterocycles. The zero-order valence-electron chi connectivity index (χ0n) is 10.0. The standard InChI is InChI=1S/C13H18Br2O2/c1-2-3-7-16-8-9-17-13-11(10-14)5-4-6-12(13)15/h4-6H,2-3,7-10H2,1H3. The van der Waals surface area contributed by atoms with Crippen LogP contribution < -0.4 is 4.74 Å². The maximum Gasteiger partial charge on any atom is 0.137 e. The molecule has 1 aromatic rings. The summed E-state index contributed by atoms with van der Waals surface area (Å²) in [5.74, 6) is 0.906. The van der Waals surface area contributed by atoms with Crippen LogP contribution >= 0.6 is 31.9 Å². The van der Waals surface area contributed by atoms with Gasteiger partial charge >= 0.3 is 0 Å². The lowest BCUT2D eigenvalue weighted by Crippen LogP contribution is -2.08. The van der Waals surface area contributed by atoms with E-state index in [2.05, 4.69) is 38.8 Å². The molecule has 2 nitrogen and oxygen atoms in total. The third-order valence-corrected chi connectivity index (χ3v) is 3.54. The van der Waals surface area contributed by atoms with Gasteiger partial charge in [0.25, 0.3) is 0 Å². The molecule has 0 heterocycles. The topological polar surface area (TPSA) is 18.5 Å². The SMILES string of the molecule is CCCCOCCOc1c(Br)cccc1CBr. The molecule has 0 fully saturated rings. The molecule has 96 valence electrons. The monoisotopic (exact) mass is 364 g/mol. The molecule has 0 atom stereocenters. The molecule has 1 rings (SSSR count). The highest BCUT2D eigenvalue weighted by molar-refractivity contribution is 9.10. The van der Waals surface area contributed by atoms with E-state index < -0.39 is 0 Å². The maximum atomic E-state index is 5.74. The minimum absolute atomic E-state index is 0.590. The number of rotatable bonds is 8. The summed E-state index contributed by atoms with van der Waals surface area (Å²) >= 11 is 6.95. The Morgan fingerprint density at radius 2 is 2.00 bits per heavy atom. The van der Waals surface area contributed by atoms with Gasteiger partial charge < -0.3 is 9.47 Å². The molecule has 0 saturated carbocycles. The highest BCUT2D eigenvalue weighted by Gasteiger charge is 2.06. The van der Waals surface area contributed by atoms with Gasteiger partial charge in [0.1, 0.15) is 12.4 Å². The van der Waals surface area contributed by atoms with Crippen molar-refractivity contribution in [1.82, 2.24) is 0 Å². The first kappa shape index (κ1) is 15.0. The van der Waals surface area contributed by atoms with Gasteiger partial charge in [-0.3, -0.25) is 0 Å². The number of alkyl halides is 1. The molecule has 0 bridgehead atoms. The molecule has 0 unspecified atom stereocenters. The molecule has 4 heteroatoms. The van der Waals surface area contributed by atoms with Crippen molar-refractivity contribution in [2.45, 2.75) is 25.1 Å². The first-order valence-electron chi connectivity index (χ1n) is 5.83. The van der Waals surface area contributed by atoms with E-state index in [1.54, 1.807) is 0 Å². The average molecular weight is 366 g/mol. The van der Waals surface area contributed by atoms with Gasteiger partial charge in [0, 0.05) is 17.5 Å². The quantitative estimate of drug-likeness (QED) is 0.497. The minimum atomic E-state index is 0.590. The van der Waals surface area contributed by atoms with Crippen LogP contribution in [0.5, 0.6) is 5.75 Å². The summed E-state index contributed by atoms with van der Waals surface area (Å²) in [7, 11) is 0. The number of ether oxygens (including phenoxy) is 2. The van der Waals surface area contributed by atoms with E-state index >= 15 is 0 Å². The summed E-state index contributed by atoms with van der Waals surface area (Å²) < 4.78 is 12.2. The third-order valence-electron chi connectivity index (χ3n) is 2.31. The second kappa shape index (κ2) is 8.95. The highest BCUT2D eigenvalue weighted by atomic mass is 79.9. The van der Waals surface area contributed by atoms with E-state index in [4.69, 9.17) is 9.47 Å². The van der Waals surface area contributed by atoms with Gasteiger partial charge in [0.15, 0.2) is 0 Å². The van der Waals surface area contributed by atoms with Gasteiger partial charge in [0.2, 0.25) is 0 Å². The average Bonchev–Trinajstić information content (AvgIpc) is 2.35. The summed E-state index contributed by atoms with van der Waals surface area (Å²) in [5, 5.41) is 0.790. The third kappa shape index (κ3) is 5.40. The van der Waals surface area contributed by atoms with E-state index in [-0.39, 0.29) is 0 Å². The number of benzene rings is 1. The molecule has 0 aliphatic rings. The molecule has 0 radical (unpaired) electrons. The Bertz CT molecular complexity index is 329. The molecule has 0 aliphatic heterocycles. The highest BCUT2D eigenvalue weighted by Crippen LogP contribution is 2.30. The van der Waals surface area contributed by atoms with Crippen LogP contribution in [0.15, 0.2) is 22.7 Å². The Morgan fingerprint density at radius 3 is 2.71 bits per heavy atom. The second-order valence-electron chi connectivity index (χ2n) is 3.68. The lowest BCUT2D eigenvalue weighted by molar-refractivity contribution is 0.0976. The van der Waals surface area contributed by atoms with Crippen molar-refractivity contribution in [3.05, 3.63) is 28.2 Å². The number of hydrogen-bond acceptors (Lipinski definition) is 2. The largest absolute Gasteiger partial charge is 0.490 e. The summed E-state index contributed by atoms with van der Waals surface area (Å²) in [6.45, 7) is 4.21. The summed E-state index contributed by atoms with van der Waals surface area (Å²) in [6, 6.07) is 6.04. The molecule has 17 heavy (non-hydrogen) atoms. The van der Waals surface area contributed by atoms with Crippen LogP contribution in [0.4, 0.5) is 0 Å². The Kier molecular flexibility index (Phi) is 7.90. The van der Waals surface area contributed by atoms with Crippen LogP contribution in [0.1, 0.15) is 25.3 Å². The first-order valence-corrected chi connectivity index (χ1v) is 7.75. The molecule has 1 aromatic carbocycles. The summed E-state index contributed by atoms with van der Waals surface area (Å²) in [6.07, 6.45) is 2.28. The first-order chi connectivity index (χ1) is 8.29. The van der Waals surface area contributed by atoms with E-state index in [0.717, 1.165) is 34.1 Å². The zero-order valence-corrected chi connectivity index (χ0v) is 13.2. The van der Waals surface area contributed by atoms with Gasteiger partial charge in [-0.1, -0.05) is 41.4 Å². The summed E-state index contributed by atoms with van der Waals surface area (Å²) in [4.78, 5) is 0. The fraction of sp³-hybridized carbons (Fsp3) is 0.538. The van der Waals surface area contributed by atoms with E-state index in [0.29, 0.717) is 13.2 Å². The van der Waals surface area contributed by atoms with Crippen molar-refractivity contribution in [3.8, 4) is 5.75 Å². The van der Waals surface area contributed by atoms with E-state index in [1.807, 2.05) is 18.2 Å². The molecular formula is C13H18Br2O2. The normalized spacial score (nSPS) is 10.5. The van der Waals surface area contributed by atoms with E-state index in [9.17, 15) is 0 Å². The smallest absolute Gasteiger partial charge is 0.137 e. The van der Waals surface area contributed by atoms with Crippen LogP contribution in [-0.4, -0.2) is 19.8 Å². The molecule has 0 N–H and O–H groups in total. The molecule has 0 saturated heterocycles. The number of hydrogen-bond donors (Lipinski definition) is 0. The van der Waals surface area contributed by atoms with Crippen molar-refractivity contribution in [2.75, 3.05) is 19.8 Å². The minimum Gasteiger partial charge on any atom is -0.490 e. The predicted octanol–water partition coefficient (Wildman–Crippen LogP) is 4.54. The van der Waals surface area contributed by atoms with Gasteiger partial charge in [-0.15, -0.1) is 0 Å². The fourth-order valence-electron chi connectivity index (χ4n) is 1.37. The number of unbranched alkanes of at least 4 members (excludes halogenated alkanes) is 1. The van der Waals surface area contributed by atoms with Crippen LogP contribution in [0, 0.1) is 0 Å². The Morgan fingerprint density at radius 1 is 1.18 bits per heavy atom. The van der Waals surface area contributed by atoms with Crippen molar-refractivity contribution in [1.29, 1.82) is 0 Å².